The standard InChI is InChI=1S/C9H15NO3/c1-3-13-9(11)5-4-8(10)6-7-12-2/h8H,3,6-7,10H2,1-2H3. The van der Waals surface area contributed by atoms with E-state index < -0.39 is 5.97 Å². The number of hydrogen-bond acceptors (Lipinski definition) is 4. The lowest BCUT2D eigenvalue weighted by Gasteiger charge is -2.01. The SMILES string of the molecule is CCOC(=O)C#CC(N)CCOC. The summed E-state index contributed by atoms with van der Waals surface area (Å²) in [6.45, 7) is 2.60. The van der Waals surface area contributed by atoms with Crippen molar-refractivity contribution in [2.45, 2.75) is 19.4 Å². The van der Waals surface area contributed by atoms with E-state index in [2.05, 4.69) is 16.6 Å². The van der Waals surface area contributed by atoms with Gasteiger partial charge in [-0.2, -0.15) is 0 Å². The van der Waals surface area contributed by atoms with Crippen LogP contribution in [0.3, 0.4) is 0 Å². The van der Waals surface area contributed by atoms with Gasteiger partial charge in [0.05, 0.1) is 12.6 Å². The smallest absolute Gasteiger partial charge is 0.384 e. The van der Waals surface area contributed by atoms with Crippen LogP contribution in [0.5, 0.6) is 0 Å². The maximum absolute atomic E-state index is 10.7. The molecule has 0 aromatic rings. The zero-order valence-electron chi connectivity index (χ0n) is 8.00. The van der Waals surface area contributed by atoms with Gasteiger partial charge in [0, 0.05) is 19.6 Å². The van der Waals surface area contributed by atoms with E-state index in [0.29, 0.717) is 19.6 Å². The van der Waals surface area contributed by atoms with E-state index in [1.807, 2.05) is 0 Å². The largest absolute Gasteiger partial charge is 0.456 e. The first kappa shape index (κ1) is 11.9. The van der Waals surface area contributed by atoms with Crippen LogP contribution >= 0.6 is 0 Å². The normalized spacial score (nSPS) is 11.3. The molecule has 4 heteroatoms. The molecular formula is C9H15NO3. The minimum Gasteiger partial charge on any atom is -0.456 e. The van der Waals surface area contributed by atoms with Gasteiger partial charge in [0.1, 0.15) is 0 Å². The zero-order chi connectivity index (χ0) is 10.1. The van der Waals surface area contributed by atoms with E-state index in [1.54, 1.807) is 14.0 Å². The highest BCUT2D eigenvalue weighted by molar-refractivity contribution is 5.88. The quantitative estimate of drug-likeness (QED) is 0.378. The molecular weight excluding hydrogens is 170 g/mol. The molecule has 0 spiro atoms. The number of carbonyl (C=O) groups is 1. The molecule has 0 amide bonds. The third-order valence-corrected chi connectivity index (χ3v) is 1.27. The summed E-state index contributed by atoms with van der Waals surface area (Å²) in [4.78, 5) is 10.7. The van der Waals surface area contributed by atoms with Crippen molar-refractivity contribution in [3.8, 4) is 11.8 Å². The number of hydrogen-bond donors (Lipinski definition) is 1. The first-order chi connectivity index (χ1) is 6.20. The Morgan fingerprint density at radius 2 is 2.31 bits per heavy atom. The minimum atomic E-state index is -0.532. The van der Waals surface area contributed by atoms with Gasteiger partial charge < -0.3 is 15.2 Å². The summed E-state index contributed by atoms with van der Waals surface area (Å²) in [6, 6.07) is -0.329. The van der Waals surface area contributed by atoms with Crippen molar-refractivity contribution in [2.75, 3.05) is 20.3 Å². The van der Waals surface area contributed by atoms with E-state index in [0.717, 1.165) is 0 Å². The van der Waals surface area contributed by atoms with Crippen LogP contribution in [0.4, 0.5) is 0 Å². The highest BCUT2D eigenvalue weighted by Crippen LogP contribution is 1.86. The van der Waals surface area contributed by atoms with Crippen LogP contribution < -0.4 is 5.73 Å². The van der Waals surface area contributed by atoms with Gasteiger partial charge in [0.25, 0.3) is 0 Å². The maximum Gasteiger partial charge on any atom is 0.384 e. The number of rotatable bonds is 4. The Morgan fingerprint density at radius 3 is 2.85 bits per heavy atom. The topological polar surface area (TPSA) is 61.5 Å². The number of ether oxygens (including phenoxy) is 2. The zero-order valence-corrected chi connectivity index (χ0v) is 8.00. The molecule has 4 nitrogen and oxygen atoms in total. The monoisotopic (exact) mass is 185 g/mol. The van der Waals surface area contributed by atoms with Crippen molar-refractivity contribution in [3.63, 3.8) is 0 Å². The molecule has 0 fully saturated rings. The average Bonchev–Trinajstić information content (AvgIpc) is 2.12. The summed E-state index contributed by atoms with van der Waals surface area (Å²) in [5.41, 5.74) is 5.54. The molecule has 0 rings (SSSR count). The van der Waals surface area contributed by atoms with Crippen LogP contribution in [0, 0.1) is 11.8 Å². The van der Waals surface area contributed by atoms with Gasteiger partial charge in [0.15, 0.2) is 0 Å². The average molecular weight is 185 g/mol. The molecule has 0 aliphatic carbocycles. The third-order valence-electron chi connectivity index (χ3n) is 1.27. The van der Waals surface area contributed by atoms with Crippen LogP contribution in [0.25, 0.3) is 0 Å². The molecule has 0 aromatic heterocycles. The molecule has 0 saturated carbocycles. The summed E-state index contributed by atoms with van der Waals surface area (Å²) in [6.07, 6.45) is 0.614. The molecule has 0 radical (unpaired) electrons. The molecule has 74 valence electrons. The van der Waals surface area contributed by atoms with Crippen LogP contribution in [-0.2, 0) is 14.3 Å². The number of esters is 1. The second-order valence-electron chi connectivity index (χ2n) is 2.38. The predicted octanol–water partition coefficient (Wildman–Crippen LogP) is -0.0833. The fourth-order valence-corrected chi connectivity index (χ4v) is 0.636. The molecule has 13 heavy (non-hydrogen) atoms. The van der Waals surface area contributed by atoms with Gasteiger partial charge in [-0.05, 0) is 13.3 Å². The fourth-order valence-electron chi connectivity index (χ4n) is 0.636. The molecule has 2 N–H and O–H groups in total. The molecule has 0 aliphatic heterocycles. The van der Waals surface area contributed by atoms with E-state index in [4.69, 9.17) is 10.5 Å². The van der Waals surface area contributed by atoms with Gasteiger partial charge in [-0.3, -0.25) is 0 Å². The Balaban J connectivity index is 3.73. The Kier molecular flexibility index (Phi) is 6.98. The summed E-state index contributed by atoms with van der Waals surface area (Å²) in [5, 5.41) is 0. The van der Waals surface area contributed by atoms with Gasteiger partial charge in [-0.25, -0.2) is 4.79 Å². The Hall–Kier alpha value is -1.05. The third kappa shape index (κ3) is 7.32. The van der Waals surface area contributed by atoms with Crippen LogP contribution in [0.1, 0.15) is 13.3 Å². The number of nitrogens with two attached hydrogens (primary N) is 1. The second-order valence-corrected chi connectivity index (χ2v) is 2.38. The molecule has 0 heterocycles. The highest BCUT2D eigenvalue weighted by Gasteiger charge is 1.97. The van der Waals surface area contributed by atoms with Crippen molar-refractivity contribution in [1.82, 2.24) is 0 Å². The summed E-state index contributed by atoms with van der Waals surface area (Å²) < 4.78 is 9.40. The van der Waals surface area contributed by atoms with Gasteiger partial charge >= 0.3 is 5.97 Å². The van der Waals surface area contributed by atoms with Crippen molar-refractivity contribution >= 4 is 5.97 Å². The lowest BCUT2D eigenvalue weighted by atomic mass is 10.2. The fraction of sp³-hybridized carbons (Fsp3) is 0.667. The number of carbonyl (C=O) groups excluding carboxylic acids is 1. The van der Waals surface area contributed by atoms with Gasteiger partial charge in [-0.15, -0.1) is 0 Å². The lowest BCUT2D eigenvalue weighted by molar-refractivity contribution is -0.136. The summed E-state index contributed by atoms with van der Waals surface area (Å²) in [7, 11) is 1.59. The van der Waals surface area contributed by atoms with Crippen molar-refractivity contribution in [3.05, 3.63) is 0 Å². The lowest BCUT2D eigenvalue weighted by Crippen LogP contribution is -2.19. The molecule has 0 aromatic carbocycles. The summed E-state index contributed by atoms with van der Waals surface area (Å²) >= 11 is 0. The van der Waals surface area contributed by atoms with Crippen molar-refractivity contribution < 1.29 is 14.3 Å². The number of methoxy groups -OCH3 is 1. The molecule has 0 bridgehead atoms. The van der Waals surface area contributed by atoms with E-state index in [9.17, 15) is 4.79 Å². The minimum absolute atomic E-state index is 0.329. The van der Waals surface area contributed by atoms with Crippen LogP contribution in [-0.4, -0.2) is 32.3 Å². The Labute approximate surface area is 78.4 Å². The van der Waals surface area contributed by atoms with Crippen LogP contribution in [0.15, 0.2) is 0 Å². The van der Waals surface area contributed by atoms with E-state index >= 15 is 0 Å². The van der Waals surface area contributed by atoms with Crippen LogP contribution in [0.2, 0.25) is 0 Å². The molecule has 1 atom stereocenters. The van der Waals surface area contributed by atoms with E-state index in [1.165, 1.54) is 0 Å². The maximum atomic E-state index is 10.7. The first-order valence-electron chi connectivity index (χ1n) is 4.13. The Bertz CT molecular complexity index is 205. The van der Waals surface area contributed by atoms with Gasteiger partial charge in [0.2, 0.25) is 0 Å². The van der Waals surface area contributed by atoms with E-state index in [-0.39, 0.29) is 6.04 Å². The molecule has 0 saturated heterocycles. The van der Waals surface area contributed by atoms with Crippen molar-refractivity contribution in [1.29, 1.82) is 0 Å². The van der Waals surface area contributed by atoms with Crippen molar-refractivity contribution in [2.24, 2.45) is 5.73 Å². The Morgan fingerprint density at radius 1 is 1.62 bits per heavy atom. The first-order valence-corrected chi connectivity index (χ1v) is 4.13. The molecule has 0 aliphatic rings. The predicted molar refractivity (Wildman–Crippen MR) is 48.9 cm³/mol. The second kappa shape index (κ2) is 7.59. The summed E-state index contributed by atoms with van der Waals surface area (Å²) in [5.74, 6) is 4.34. The highest BCUT2D eigenvalue weighted by atomic mass is 16.5. The molecule has 1 unspecified atom stereocenters. The van der Waals surface area contributed by atoms with Gasteiger partial charge in [-0.1, -0.05) is 5.92 Å².